The van der Waals surface area contributed by atoms with Crippen molar-refractivity contribution in [2.24, 2.45) is 0 Å². The molecule has 4 nitrogen and oxygen atoms in total. The van der Waals surface area contributed by atoms with Crippen molar-refractivity contribution in [1.29, 1.82) is 0 Å². The standard InChI is InChI=1S/C18H19ClN2O2S/c1-12(24-18-16(19)4-3-10-21-18)17(23)15-7-5-14(6-8-15)9-11-20-13(2)22/h3-8,10,12H,9,11H2,1-2H3,(H,20,22). The summed E-state index contributed by atoms with van der Waals surface area (Å²) in [5.41, 5.74) is 1.73. The van der Waals surface area contributed by atoms with Gasteiger partial charge in [-0.3, -0.25) is 9.59 Å². The second-order valence-corrected chi connectivity index (χ2v) is 7.08. The fourth-order valence-corrected chi connectivity index (χ4v) is 3.27. The van der Waals surface area contributed by atoms with Gasteiger partial charge in [-0.1, -0.05) is 47.6 Å². The van der Waals surface area contributed by atoms with Gasteiger partial charge < -0.3 is 5.32 Å². The molecule has 0 spiro atoms. The van der Waals surface area contributed by atoms with Gasteiger partial charge in [0.05, 0.1) is 10.3 Å². The Morgan fingerprint density at radius 1 is 1.25 bits per heavy atom. The maximum Gasteiger partial charge on any atom is 0.216 e. The molecule has 0 aliphatic heterocycles. The van der Waals surface area contributed by atoms with Gasteiger partial charge in [-0.2, -0.15) is 0 Å². The van der Waals surface area contributed by atoms with Gasteiger partial charge in [0.15, 0.2) is 5.78 Å². The van der Waals surface area contributed by atoms with Crippen molar-refractivity contribution in [3.63, 3.8) is 0 Å². The minimum absolute atomic E-state index is 0.0372. The molecular formula is C18H19ClN2O2S. The summed E-state index contributed by atoms with van der Waals surface area (Å²) in [6, 6.07) is 11.0. The fourth-order valence-electron chi connectivity index (χ4n) is 2.13. The molecule has 2 rings (SSSR count). The summed E-state index contributed by atoms with van der Waals surface area (Å²) in [6.07, 6.45) is 2.40. The van der Waals surface area contributed by atoms with Crippen LogP contribution in [0.1, 0.15) is 29.8 Å². The van der Waals surface area contributed by atoms with Crippen LogP contribution in [0, 0.1) is 0 Å². The first-order valence-electron chi connectivity index (χ1n) is 7.62. The number of halogens is 1. The van der Waals surface area contributed by atoms with E-state index in [9.17, 15) is 9.59 Å². The lowest BCUT2D eigenvalue weighted by Crippen LogP contribution is -2.22. The highest BCUT2D eigenvalue weighted by atomic mass is 35.5. The quantitative estimate of drug-likeness (QED) is 0.601. The molecule has 0 bridgehead atoms. The van der Waals surface area contributed by atoms with E-state index in [0.717, 1.165) is 12.0 Å². The van der Waals surface area contributed by atoms with Crippen LogP contribution < -0.4 is 5.32 Å². The SMILES string of the molecule is CC(=O)NCCc1ccc(C(=O)C(C)Sc2ncccc2Cl)cc1. The number of ketones is 1. The molecule has 6 heteroatoms. The van der Waals surface area contributed by atoms with Gasteiger partial charge in [0, 0.05) is 25.2 Å². The number of rotatable bonds is 7. The number of hydrogen-bond donors (Lipinski definition) is 1. The van der Waals surface area contributed by atoms with Gasteiger partial charge in [0.25, 0.3) is 0 Å². The van der Waals surface area contributed by atoms with Crippen LogP contribution in [0.25, 0.3) is 0 Å². The Hall–Kier alpha value is -1.85. The van der Waals surface area contributed by atoms with Crippen molar-refractivity contribution in [3.05, 3.63) is 58.7 Å². The fraction of sp³-hybridized carbons (Fsp3) is 0.278. The maximum absolute atomic E-state index is 12.5. The van der Waals surface area contributed by atoms with Crippen molar-refractivity contribution in [3.8, 4) is 0 Å². The third kappa shape index (κ3) is 5.35. The number of hydrogen-bond acceptors (Lipinski definition) is 4. The highest BCUT2D eigenvalue weighted by Crippen LogP contribution is 2.29. The molecule has 1 heterocycles. The minimum atomic E-state index is -0.275. The highest BCUT2D eigenvalue weighted by Gasteiger charge is 2.18. The monoisotopic (exact) mass is 362 g/mol. The van der Waals surface area contributed by atoms with E-state index in [0.29, 0.717) is 22.2 Å². The molecule has 1 atom stereocenters. The van der Waals surface area contributed by atoms with Crippen molar-refractivity contribution in [2.45, 2.75) is 30.5 Å². The second-order valence-electron chi connectivity index (χ2n) is 5.34. The van der Waals surface area contributed by atoms with E-state index >= 15 is 0 Å². The number of amides is 1. The van der Waals surface area contributed by atoms with E-state index in [-0.39, 0.29) is 16.9 Å². The predicted octanol–water partition coefficient (Wildman–Crippen LogP) is 3.78. The zero-order valence-electron chi connectivity index (χ0n) is 13.6. The number of nitrogens with one attached hydrogen (secondary N) is 1. The molecule has 1 amide bonds. The third-order valence-corrected chi connectivity index (χ3v) is 4.94. The molecule has 1 aromatic carbocycles. The van der Waals surface area contributed by atoms with Crippen LogP contribution in [-0.4, -0.2) is 28.5 Å². The predicted molar refractivity (Wildman–Crippen MR) is 97.7 cm³/mol. The number of carbonyl (C=O) groups excluding carboxylic acids is 2. The Kier molecular flexibility index (Phi) is 6.82. The molecule has 0 radical (unpaired) electrons. The molecule has 0 aliphatic carbocycles. The Morgan fingerprint density at radius 2 is 1.96 bits per heavy atom. The number of aromatic nitrogens is 1. The largest absolute Gasteiger partial charge is 0.356 e. The number of pyridine rings is 1. The van der Waals surface area contributed by atoms with E-state index < -0.39 is 0 Å². The normalized spacial score (nSPS) is 11.8. The minimum Gasteiger partial charge on any atom is -0.356 e. The molecule has 1 unspecified atom stereocenters. The topological polar surface area (TPSA) is 59.1 Å². The maximum atomic E-state index is 12.5. The van der Waals surface area contributed by atoms with Crippen molar-refractivity contribution < 1.29 is 9.59 Å². The lowest BCUT2D eigenvalue weighted by Gasteiger charge is -2.11. The number of Topliss-reactive ketones (excluding diaryl/α,β-unsaturated/α-hetero) is 1. The first-order valence-corrected chi connectivity index (χ1v) is 8.88. The van der Waals surface area contributed by atoms with E-state index in [4.69, 9.17) is 11.6 Å². The first-order chi connectivity index (χ1) is 11.5. The van der Waals surface area contributed by atoms with Gasteiger partial charge in [0.2, 0.25) is 5.91 Å². The second kappa shape index (κ2) is 8.85. The summed E-state index contributed by atoms with van der Waals surface area (Å²) >= 11 is 7.44. The van der Waals surface area contributed by atoms with Crippen LogP contribution in [0.2, 0.25) is 5.02 Å². The average molecular weight is 363 g/mol. The molecule has 0 fully saturated rings. The number of carbonyl (C=O) groups is 2. The van der Waals surface area contributed by atoms with Gasteiger partial charge in [0.1, 0.15) is 5.03 Å². The summed E-state index contributed by atoms with van der Waals surface area (Å²) in [5, 5.41) is 3.69. The third-order valence-electron chi connectivity index (χ3n) is 3.41. The van der Waals surface area contributed by atoms with E-state index in [1.807, 2.05) is 31.2 Å². The highest BCUT2D eigenvalue weighted by molar-refractivity contribution is 8.00. The molecule has 0 aliphatic rings. The average Bonchev–Trinajstić information content (AvgIpc) is 2.56. The van der Waals surface area contributed by atoms with Crippen LogP contribution in [-0.2, 0) is 11.2 Å². The van der Waals surface area contributed by atoms with E-state index in [1.165, 1.54) is 18.7 Å². The Balaban J connectivity index is 1.96. The Labute approximate surface area is 151 Å². The van der Waals surface area contributed by atoms with Gasteiger partial charge in [-0.15, -0.1) is 0 Å². The van der Waals surface area contributed by atoms with Crippen LogP contribution in [0.5, 0.6) is 0 Å². The van der Waals surface area contributed by atoms with Crippen molar-refractivity contribution >= 4 is 35.1 Å². The summed E-state index contributed by atoms with van der Waals surface area (Å²) in [6.45, 7) is 3.93. The summed E-state index contributed by atoms with van der Waals surface area (Å²) in [7, 11) is 0. The number of benzene rings is 1. The molecule has 0 saturated heterocycles. The molecule has 2 aromatic rings. The molecule has 24 heavy (non-hydrogen) atoms. The summed E-state index contributed by atoms with van der Waals surface area (Å²) in [4.78, 5) is 27.6. The molecule has 1 N–H and O–H groups in total. The molecule has 0 saturated carbocycles. The number of thioether (sulfide) groups is 1. The Bertz CT molecular complexity index is 719. The molecular weight excluding hydrogens is 344 g/mol. The zero-order chi connectivity index (χ0) is 17.5. The lowest BCUT2D eigenvalue weighted by molar-refractivity contribution is -0.118. The molecule has 126 valence electrons. The van der Waals surface area contributed by atoms with Crippen LogP contribution in [0.15, 0.2) is 47.6 Å². The van der Waals surface area contributed by atoms with Gasteiger partial charge in [-0.05, 0) is 31.0 Å². The van der Waals surface area contributed by atoms with Crippen molar-refractivity contribution in [2.75, 3.05) is 6.54 Å². The summed E-state index contributed by atoms with van der Waals surface area (Å²) in [5.74, 6) is -0.00374. The van der Waals surface area contributed by atoms with E-state index in [1.54, 1.807) is 18.3 Å². The smallest absolute Gasteiger partial charge is 0.216 e. The first kappa shape index (κ1) is 18.5. The summed E-state index contributed by atoms with van der Waals surface area (Å²) < 4.78 is 0. The Morgan fingerprint density at radius 3 is 2.58 bits per heavy atom. The zero-order valence-corrected chi connectivity index (χ0v) is 15.2. The number of nitrogens with zero attached hydrogens (tertiary/aromatic N) is 1. The van der Waals surface area contributed by atoms with E-state index in [2.05, 4.69) is 10.3 Å². The molecule has 1 aromatic heterocycles. The lowest BCUT2D eigenvalue weighted by atomic mass is 10.0. The van der Waals surface area contributed by atoms with Crippen LogP contribution in [0.3, 0.4) is 0 Å². The van der Waals surface area contributed by atoms with Crippen LogP contribution in [0.4, 0.5) is 0 Å². The van der Waals surface area contributed by atoms with Gasteiger partial charge >= 0.3 is 0 Å². The van der Waals surface area contributed by atoms with Gasteiger partial charge in [-0.25, -0.2) is 4.98 Å². The van der Waals surface area contributed by atoms with Crippen LogP contribution >= 0.6 is 23.4 Å². The van der Waals surface area contributed by atoms with Crippen molar-refractivity contribution in [1.82, 2.24) is 10.3 Å².